The molecule has 2 rings (SSSR count). The number of aromatic nitrogens is 1. The minimum Gasteiger partial charge on any atom is -0.481 e. The highest BCUT2D eigenvalue weighted by atomic mass is 35.5. The van der Waals surface area contributed by atoms with Crippen molar-refractivity contribution in [3.05, 3.63) is 23.6 Å². The van der Waals surface area contributed by atoms with Crippen molar-refractivity contribution in [1.82, 2.24) is 4.98 Å². The second kappa shape index (κ2) is 3.71. The molecule has 0 bridgehead atoms. The number of rotatable bonds is 2. The van der Waals surface area contributed by atoms with E-state index in [4.69, 9.17) is 10.5 Å². The fourth-order valence-corrected chi connectivity index (χ4v) is 1.32. The molecule has 0 saturated heterocycles. The van der Waals surface area contributed by atoms with E-state index in [2.05, 4.69) is 4.98 Å². The van der Waals surface area contributed by atoms with E-state index in [1.807, 2.05) is 0 Å². The van der Waals surface area contributed by atoms with Crippen molar-refractivity contribution in [2.75, 3.05) is 7.11 Å². The molecule has 1 aliphatic carbocycles. The van der Waals surface area contributed by atoms with Crippen LogP contribution in [-0.4, -0.2) is 12.1 Å². The van der Waals surface area contributed by atoms with E-state index in [-0.39, 0.29) is 18.2 Å². The topological polar surface area (TPSA) is 48.1 Å². The summed E-state index contributed by atoms with van der Waals surface area (Å²) in [6.07, 6.45) is 2.81. The van der Waals surface area contributed by atoms with Gasteiger partial charge in [0.25, 0.3) is 0 Å². The lowest BCUT2D eigenvalue weighted by atomic mass is 10.1. The van der Waals surface area contributed by atoms with Crippen LogP contribution in [0.15, 0.2) is 12.3 Å². The fraction of sp³-hybridized carbons (Fsp3) is 0.444. The monoisotopic (exact) mass is 218 g/mol. The van der Waals surface area contributed by atoms with Gasteiger partial charge in [0, 0.05) is 17.2 Å². The zero-order valence-electron chi connectivity index (χ0n) is 7.79. The van der Waals surface area contributed by atoms with Crippen LogP contribution in [0.3, 0.4) is 0 Å². The minimum atomic E-state index is -0.472. The SMILES string of the molecule is COc1cc(C2(N)CC2)c(F)cn1.Cl. The molecule has 0 unspecified atom stereocenters. The average Bonchev–Trinajstić information content (AvgIpc) is 2.86. The summed E-state index contributed by atoms with van der Waals surface area (Å²) in [6, 6.07) is 1.57. The van der Waals surface area contributed by atoms with Crippen LogP contribution in [0.25, 0.3) is 0 Å². The Labute approximate surface area is 87.9 Å². The van der Waals surface area contributed by atoms with Crippen LogP contribution in [-0.2, 0) is 5.54 Å². The Hall–Kier alpha value is -0.870. The number of nitrogens with two attached hydrogens (primary N) is 1. The Morgan fingerprint density at radius 2 is 2.21 bits per heavy atom. The molecule has 1 aromatic rings. The molecule has 0 radical (unpaired) electrons. The summed E-state index contributed by atoms with van der Waals surface area (Å²) in [5, 5.41) is 0. The van der Waals surface area contributed by atoms with Gasteiger partial charge in [0.05, 0.1) is 13.3 Å². The number of halogens is 2. The second-order valence-corrected chi connectivity index (χ2v) is 3.36. The third kappa shape index (κ3) is 1.81. The number of hydrogen-bond acceptors (Lipinski definition) is 3. The number of pyridine rings is 1. The molecule has 1 aromatic heterocycles. The maximum atomic E-state index is 13.2. The predicted molar refractivity (Wildman–Crippen MR) is 53.1 cm³/mol. The number of methoxy groups -OCH3 is 1. The third-order valence-electron chi connectivity index (χ3n) is 2.36. The van der Waals surface area contributed by atoms with Crippen molar-refractivity contribution in [3.8, 4) is 5.88 Å². The first-order chi connectivity index (χ1) is 6.15. The number of ether oxygens (including phenoxy) is 1. The van der Waals surface area contributed by atoms with E-state index in [0.29, 0.717) is 11.4 Å². The van der Waals surface area contributed by atoms with Gasteiger partial charge in [0.1, 0.15) is 5.82 Å². The summed E-state index contributed by atoms with van der Waals surface area (Å²) in [4.78, 5) is 3.75. The van der Waals surface area contributed by atoms with Crippen molar-refractivity contribution in [1.29, 1.82) is 0 Å². The first-order valence-electron chi connectivity index (χ1n) is 4.14. The molecule has 78 valence electrons. The van der Waals surface area contributed by atoms with Gasteiger partial charge < -0.3 is 10.5 Å². The molecule has 1 saturated carbocycles. The predicted octanol–water partition coefficient (Wildman–Crippen LogP) is 1.60. The van der Waals surface area contributed by atoms with Crippen molar-refractivity contribution < 1.29 is 9.13 Å². The summed E-state index contributed by atoms with van der Waals surface area (Å²) >= 11 is 0. The zero-order chi connectivity index (χ0) is 9.47. The van der Waals surface area contributed by atoms with Gasteiger partial charge in [-0.25, -0.2) is 9.37 Å². The third-order valence-corrected chi connectivity index (χ3v) is 2.36. The molecule has 0 aromatic carbocycles. The maximum absolute atomic E-state index is 13.2. The van der Waals surface area contributed by atoms with Gasteiger partial charge in [0.15, 0.2) is 0 Å². The van der Waals surface area contributed by atoms with Crippen LogP contribution in [0, 0.1) is 5.82 Å². The molecule has 5 heteroatoms. The fourth-order valence-electron chi connectivity index (χ4n) is 1.32. The van der Waals surface area contributed by atoms with Crippen LogP contribution in [0.1, 0.15) is 18.4 Å². The molecule has 0 atom stereocenters. The molecule has 1 heterocycles. The van der Waals surface area contributed by atoms with E-state index in [0.717, 1.165) is 19.0 Å². The van der Waals surface area contributed by atoms with Crippen molar-refractivity contribution in [3.63, 3.8) is 0 Å². The summed E-state index contributed by atoms with van der Waals surface area (Å²) in [5.74, 6) is 0.0638. The average molecular weight is 219 g/mol. The van der Waals surface area contributed by atoms with E-state index in [9.17, 15) is 4.39 Å². The molecule has 14 heavy (non-hydrogen) atoms. The van der Waals surface area contributed by atoms with Crippen LogP contribution in [0.2, 0.25) is 0 Å². The lowest BCUT2D eigenvalue weighted by molar-refractivity contribution is 0.393. The smallest absolute Gasteiger partial charge is 0.213 e. The Kier molecular flexibility index (Phi) is 2.97. The Morgan fingerprint density at radius 3 is 2.71 bits per heavy atom. The van der Waals surface area contributed by atoms with Gasteiger partial charge in [-0.15, -0.1) is 12.4 Å². The first-order valence-corrected chi connectivity index (χ1v) is 4.14. The van der Waals surface area contributed by atoms with Crippen molar-refractivity contribution in [2.24, 2.45) is 5.73 Å². The van der Waals surface area contributed by atoms with Crippen LogP contribution >= 0.6 is 12.4 Å². The highest BCUT2D eigenvalue weighted by Crippen LogP contribution is 2.44. The number of nitrogens with zero attached hydrogens (tertiary/aromatic N) is 1. The lowest BCUT2D eigenvalue weighted by Gasteiger charge is -2.10. The summed E-state index contributed by atoms with van der Waals surface area (Å²) in [7, 11) is 1.50. The zero-order valence-corrected chi connectivity index (χ0v) is 8.60. The Balaban J connectivity index is 0.000000980. The van der Waals surface area contributed by atoms with E-state index < -0.39 is 5.54 Å². The molecule has 0 spiro atoms. The van der Waals surface area contributed by atoms with Gasteiger partial charge >= 0.3 is 0 Å². The van der Waals surface area contributed by atoms with E-state index in [1.54, 1.807) is 6.07 Å². The highest BCUT2D eigenvalue weighted by Gasteiger charge is 2.42. The van der Waals surface area contributed by atoms with Gasteiger partial charge in [0.2, 0.25) is 5.88 Å². The van der Waals surface area contributed by atoms with E-state index in [1.165, 1.54) is 7.11 Å². The molecular weight excluding hydrogens is 207 g/mol. The molecule has 3 nitrogen and oxygen atoms in total. The van der Waals surface area contributed by atoms with Gasteiger partial charge in [-0.1, -0.05) is 0 Å². The summed E-state index contributed by atoms with van der Waals surface area (Å²) in [6.45, 7) is 0. The molecule has 2 N–H and O–H groups in total. The summed E-state index contributed by atoms with van der Waals surface area (Å²) in [5.41, 5.74) is 5.91. The Morgan fingerprint density at radius 1 is 1.57 bits per heavy atom. The van der Waals surface area contributed by atoms with Crippen LogP contribution < -0.4 is 10.5 Å². The van der Waals surface area contributed by atoms with Crippen LogP contribution in [0.5, 0.6) is 5.88 Å². The van der Waals surface area contributed by atoms with Crippen molar-refractivity contribution >= 4 is 12.4 Å². The van der Waals surface area contributed by atoms with Gasteiger partial charge in [-0.2, -0.15) is 0 Å². The molecule has 0 aliphatic heterocycles. The normalized spacial score (nSPS) is 17.1. The van der Waals surface area contributed by atoms with E-state index >= 15 is 0 Å². The van der Waals surface area contributed by atoms with Gasteiger partial charge in [-0.3, -0.25) is 0 Å². The maximum Gasteiger partial charge on any atom is 0.213 e. The Bertz CT molecular complexity index is 342. The largest absolute Gasteiger partial charge is 0.481 e. The van der Waals surface area contributed by atoms with Crippen molar-refractivity contribution in [2.45, 2.75) is 18.4 Å². The minimum absolute atomic E-state index is 0. The van der Waals surface area contributed by atoms with Crippen LogP contribution in [0.4, 0.5) is 4.39 Å². The second-order valence-electron chi connectivity index (χ2n) is 3.36. The standard InChI is InChI=1S/C9H11FN2O.ClH/c1-13-8-4-6(7(10)5-12-8)9(11)2-3-9;/h4-5H,2-3,11H2,1H3;1H. The lowest BCUT2D eigenvalue weighted by Crippen LogP contribution is -2.20. The molecular formula is C9H12ClFN2O. The molecule has 1 aliphatic rings. The summed E-state index contributed by atoms with van der Waals surface area (Å²) < 4.78 is 18.1. The molecule has 0 amide bonds. The molecule has 1 fully saturated rings. The number of hydrogen-bond donors (Lipinski definition) is 1. The highest BCUT2D eigenvalue weighted by molar-refractivity contribution is 5.85. The quantitative estimate of drug-likeness (QED) is 0.820. The first kappa shape index (κ1) is 11.2. The van der Waals surface area contributed by atoms with Gasteiger partial charge in [-0.05, 0) is 12.8 Å².